The van der Waals surface area contributed by atoms with Crippen molar-refractivity contribution in [3.63, 3.8) is 0 Å². The van der Waals surface area contributed by atoms with Gasteiger partial charge in [0, 0.05) is 22.6 Å². The molecule has 0 saturated carbocycles. The Hall–Kier alpha value is -0.930. The Kier molecular flexibility index (Phi) is 2.52. The molecule has 3 heteroatoms. The summed E-state index contributed by atoms with van der Waals surface area (Å²) in [6, 6.07) is 6.22. The zero-order chi connectivity index (χ0) is 10.1. The summed E-state index contributed by atoms with van der Waals surface area (Å²) in [6.07, 6.45) is 1.80. The van der Waals surface area contributed by atoms with Crippen LogP contribution in [0.25, 0.3) is 10.8 Å². The summed E-state index contributed by atoms with van der Waals surface area (Å²) in [4.78, 5) is 4.26. The van der Waals surface area contributed by atoms with Crippen molar-refractivity contribution < 1.29 is 0 Å². The van der Waals surface area contributed by atoms with Crippen molar-refractivity contribution in [2.45, 2.75) is 13.5 Å². The van der Waals surface area contributed by atoms with Crippen LogP contribution in [-0.4, -0.2) is 4.98 Å². The van der Waals surface area contributed by atoms with E-state index in [1.807, 2.05) is 6.07 Å². The van der Waals surface area contributed by atoms with E-state index in [1.54, 1.807) is 6.20 Å². The normalized spacial score (nSPS) is 10.8. The molecule has 0 aliphatic heterocycles. The second-order valence-electron chi connectivity index (χ2n) is 3.30. The molecule has 0 fully saturated rings. The van der Waals surface area contributed by atoms with Crippen LogP contribution in [0.4, 0.5) is 0 Å². The van der Waals surface area contributed by atoms with E-state index < -0.39 is 0 Å². The number of aryl methyl sites for hydroxylation is 1. The maximum absolute atomic E-state index is 5.64. The maximum atomic E-state index is 5.64. The predicted octanol–water partition coefficient (Wildman–Crippen LogP) is 2.76. The smallest absolute Gasteiger partial charge is 0.0618 e. The molecule has 72 valence electrons. The molecule has 2 aromatic rings. The van der Waals surface area contributed by atoms with Crippen molar-refractivity contribution in [3.05, 3.63) is 40.1 Å². The van der Waals surface area contributed by atoms with Gasteiger partial charge < -0.3 is 5.73 Å². The number of nitrogens with zero attached hydrogens (tertiary/aromatic N) is 1. The highest BCUT2D eigenvalue weighted by atomic mass is 79.9. The molecule has 0 saturated heterocycles. The van der Waals surface area contributed by atoms with Crippen LogP contribution >= 0.6 is 15.9 Å². The zero-order valence-corrected chi connectivity index (χ0v) is 9.51. The summed E-state index contributed by atoms with van der Waals surface area (Å²) < 4.78 is 1.10. The molecular weight excluding hydrogens is 240 g/mol. The lowest BCUT2D eigenvalue weighted by molar-refractivity contribution is 1.01. The van der Waals surface area contributed by atoms with Gasteiger partial charge in [0.2, 0.25) is 0 Å². The molecule has 1 aromatic heterocycles. The van der Waals surface area contributed by atoms with Gasteiger partial charge in [0.25, 0.3) is 0 Å². The summed E-state index contributed by atoms with van der Waals surface area (Å²) in [5, 5.41) is 2.31. The monoisotopic (exact) mass is 250 g/mol. The Bertz CT molecular complexity index is 480. The first-order chi connectivity index (χ1) is 6.72. The molecule has 0 unspecified atom stereocenters. The zero-order valence-electron chi connectivity index (χ0n) is 7.92. The van der Waals surface area contributed by atoms with E-state index in [0.717, 1.165) is 15.6 Å². The van der Waals surface area contributed by atoms with Crippen LogP contribution in [0.1, 0.15) is 11.3 Å². The van der Waals surface area contributed by atoms with Gasteiger partial charge in [0.15, 0.2) is 0 Å². The summed E-state index contributed by atoms with van der Waals surface area (Å²) in [5.74, 6) is 0. The minimum absolute atomic E-state index is 0.479. The number of halogens is 1. The molecule has 0 aliphatic carbocycles. The number of rotatable bonds is 1. The van der Waals surface area contributed by atoms with E-state index in [-0.39, 0.29) is 0 Å². The minimum Gasteiger partial charge on any atom is -0.325 e. The van der Waals surface area contributed by atoms with Crippen LogP contribution in [0.5, 0.6) is 0 Å². The molecule has 0 aliphatic rings. The summed E-state index contributed by atoms with van der Waals surface area (Å²) in [6.45, 7) is 2.55. The van der Waals surface area contributed by atoms with Gasteiger partial charge >= 0.3 is 0 Å². The van der Waals surface area contributed by atoms with Crippen molar-refractivity contribution in [1.82, 2.24) is 4.98 Å². The second kappa shape index (κ2) is 3.67. The summed E-state index contributed by atoms with van der Waals surface area (Å²) in [5.41, 5.74) is 7.80. The van der Waals surface area contributed by atoms with Crippen molar-refractivity contribution in [2.75, 3.05) is 0 Å². The fourth-order valence-corrected chi connectivity index (χ4v) is 2.30. The number of aromatic nitrogens is 1. The predicted molar refractivity (Wildman–Crippen MR) is 62.1 cm³/mol. The molecule has 0 atom stereocenters. The molecule has 1 heterocycles. The minimum atomic E-state index is 0.479. The first kappa shape index (κ1) is 9.62. The van der Waals surface area contributed by atoms with Gasteiger partial charge in [-0.3, -0.25) is 4.98 Å². The number of benzene rings is 1. The lowest BCUT2D eigenvalue weighted by Gasteiger charge is -2.06. The Morgan fingerprint density at radius 3 is 2.86 bits per heavy atom. The van der Waals surface area contributed by atoms with Crippen molar-refractivity contribution in [2.24, 2.45) is 5.73 Å². The van der Waals surface area contributed by atoms with Gasteiger partial charge in [-0.05, 0) is 36.1 Å². The SMILES string of the molecule is Cc1cc(Br)c2ccnc(CN)c2c1. The number of nitrogens with two attached hydrogens (primary N) is 1. The number of hydrogen-bond acceptors (Lipinski definition) is 2. The highest BCUT2D eigenvalue weighted by Gasteiger charge is 2.04. The average Bonchev–Trinajstić information content (AvgIpc) is 2.17. The number of hydrogen-bond donors (Lipinski definition) is 1. The second-order valence-corrected chi connectivity index (χ2v) is 4.16. The average molecular weight is 251 g/mol. The topological polar surface area (TPSA) is 38.9 Å². The lowest BCUT2D eigenvalue weighted by atomic mass is 10.1. The Morgan fingerprint density at radius 1 is 1.36 bits per heavy atom. The largest absolute Gasteiger partial charge is 0.325 e. The Morgan fingerprint density at radius 2 is 2.14 bits per heavy atom. The molecular formula is C11H11BrN2. The van der Waals surface area contributed by atoms with Gasteiger partial charge in [-0.1, -0.05) is 15.9 Å². The first-order valence-corrected chi connectivity index (χ1v) is 5.25. The molecule has 2 N–H and O–H groups in total. The first-order valence-electron chi connectivity index (χ1n) is 4.46. The molecule has 1 aromatic carbocycles. The number of fused-ring (bicyclic) bond motifs is 1. The van der Waals surface area contributed by atoms with Gasteiger partial charge in [0.05, 0.1) is 5.69 Å². The van der Waals surface area contributed by atoms with E-state index in [4.69, 9.17) is 5.73 Å². The standard InChI is InChI=1S/C11H11BrN2/c1-7-4-9-8(10(12)5-7)2-3-14-11(9)6-13/h2-5H,6,13H2,1H3. The Balaban J connectivity index is 2.86. The molecule has 0 radical (unpaired) electrons. The molecule has 14 heavy (non-hydrogen) atoms. The molecule has 0 bridgehead atoms. The van der Waals surface area contributed by atoms with E-state index in [2.05, 4.69) is 40.0 Å². The van der Waals surface area contributed by atoms with Gasteiger partial charge in [0.1, 0.15) is 0 Å². The highest BCUT2D eigenvalue weighted by molar-refractivity contribution is 9.10. The van der Waals surface area contributed by atoms with E-state index >= 15 is 0 Å². The molecule has 2 rings (SSSR count). The van der Waals surface area contributed by atoms with E-state index in [9.17, 15) is 0 Å². The van der Waals surface area contributed by atoms with Crippen LogP contribution in [0, 0.1) is 6.92 Å². The van der Waals surface area contributed by atoms with E-state index in [1.165, 1.54) is 10.9 Å². The highest BCUT2D eigenvalue weighted by Crippen LogP contribution is 2.26. The third-order valence-corrected chi connectivity index (χ3v) is 2.91. The number of pyridine rings is 1. The summed E-state index contributed by atoms with van der Waals surface area (Å²) in [7, 11) is 0. The van der Waals surface area contributed by atoms with Gasteiger partial charge in [-0.2, -0.15) is 0 Å². The summed E-state index contributed by atoms with van der Waals surface area (Å²) >= 11 is 3.54. The van der Waals surface area contributed by atoms with Crippen molar-refractivity contribution in [3.8, 4) is 0 Å². The maximum Gasteiger partial charge on any atom is 0.0618 e. The fourth-order valence-electron chi connectivity index (χ4n) is 1.60. The third-order valence-electron chi connectivity index (χ3n) is 2.25. The van der Waals surface area contributed by atoms with Crippen molar-refractivity contribution >= 4 is 26.7 Å². The lowest BCUT2D eigenvalue weighted by Crippen LogP contribution is -2.00. The quantitative estimate of drug-likeness (QED) is 0.846. The van der Waals surface area contributed by atoms with Gasteiger partial charge in [-0.25, -0.2) is 0 Å². The fraction of sp³-hybridized carbons (Fsp3) is 0.182. The molecule has 2 nitrogen and oxygen atoms in total. The van der Waals surface area contributed by atoms with Crippen LogP contribution in [-0.2, 0) is 6.54 Å². The van der Waals surface area contributed by atoms with Gasteiger partial charge in [-0.15, -0.1) is 0 Å². The third kappa shape index (κ3) is 1.53. The van der Waals surface area contributed by atoms with Crippen LogP contribution < -0.4 is 5.73 Å². The van der Waals surface area contributed by atoms with Crippen LogP contribution in [0.15, 0.2) is 28.9 Å². The molecule has 0 amide bonds. The van der Waals surface area contributed by atoms with E-state index in [0.29, 0.717) is 6.54 Å². The van der Waals surface area contributed by atoms with Crippen molar-refractivity contribution in [1.29, 1.82) is 0 Å². The van der Waals surface area contributed by atoms with Crippen LogP contribution in [0.2, 0.25) is 0 Å². The van der Waals surface area contributed by atoms with Crippen LogP contribution in [0.3, 0.4) is 0 Å². The molecule has 0 spiro atoms. The Labute approximate surface area is 91.3 Å².